The molecule has 0 spiro atoms. The Kier molecular flexibility index (Phi) is 11.8. The molecule has 1 aromatic heterocycles. The van der Waals surface area contributed by atoms with Crippen molar-refractivity contribution in [3.05, 3.63) is 60.3 Å². The highest BCUT2D eigenvalue weighted by molar-refractivity contribution is 7.70. The SMILES string of the molecule is C=CC(=O)Nc1cc(Nc2ncc(Cl)c(Nc3ccccc3P(C)(C)=O)n2)c(OC)cc1N(C)CCN(C)CCOC. The van der Waals surface area contributed by atoms with Crippen LogP contribution in [0.2, 0.25) is 5.02 Å². The maximum Gasteiger partial charge on any atom is 0.247 e. The van der Waals surface area contributed by atoms with Gasteiger partial charge < -0.3 is 39.8 Å². The first-order valence-corrected chi connectivity index (χ1v) is 16.2. The molecule has 2 aromatic carbocycles. The standard InChI is InChI=1S/C29H39ClN7O4P/c1-8-27(38)32-22-17-23(25(41-5)18-24(22)37(3)14-13-36(2)15-16-40-4)34-29-31-19-20(30)28(35-29)33-21-11-9-10-12-26(21)42(6,7)39/h8-12,17-19H,1,13-16H2,2-7H3,(H,32,38)(H2,31,33,34,35). The zero-order valence-electron chi connectivity index (χ0n) is 24.9. The van der Waals surface area contributed by atoms with Crippen molar-refractivity contribution in [2.24, 2.45) is 0 Å². The third-order valence-corrected chi connectivity index (χ3v) is 8.22. The fourth-order valence-electron chi connectivity index (χ4n) is 4.05. The molecule has 42 heavy (non-hydrogen) atoms. The lowest BCUT2D eigenvalue weighted by Crippen LogP contribution is -2.33. The van der Waals surface area contributed by atoms with E-state index in [1.807, 2.05) is 49.3 Å². The van der Waals surface area contributed by atoms with E-state index in [1.165, 1.54) is 12.3 Å². The molecule has 3 aromatic rings. The lowest BCUT2D eigenvalue weighted by atomic mass is 10.2. The molecule has 0 aliphatic heterocycles. The second kappa shape index (κ2) is 15.0. The molecule has 3 N–H and O–H groups in total. The van der Waals surface area contributed by atoms with E-state index in [-0.39, 0.29) is 16.9 Å². The van der Waals surface area contributed by atoms with E-state index in [1.54, 1.807) is 33.6 Å². The molecule has 3 rings (SSSR count). The highest BCUT2D eigenvalue weighted by Gasteiger charge is 2.19. The van der Waals surface area contributed by atoms with Crippen molar-refractivity contribution in [2.45, 2.75) is 0 Å². The van der Waals surface area contributed by atoms with Crippen molar-refractivity contribution in [3.8, 4) is 5.75 Å². The number of likely N-dealkylation sites (N-methyl/N-ethyl adjacent to an activating group) is 2. The zero-order chi connectivity index (χ0) is 30.9. The summed E-state index contributed by atoms with van der Waals surface area (Å²) < 4.78 is 23.7. The van der Waals surface area contributed by atoms with Crippen LogP contribution in [0.1, 0.15) is 0 Å². The van der Waals surface area contributed by atoms with Crippen molar-refractivity contribution in [2.75, 3.05) is 88.7 Å². The average Bonchev–Trinajstić information content (AvgIpc) is 2.96. The van der Waals surface area contributed by atoms with Gasteiger partial charge in [-0.15, -0.1) is 0 Å². The van der Waals surface area contributed by atoms with E-state index in [2.05, 4.69) is 37.4 Å². The molecule has 0 saturated heterocycles. The highest BCUT2D eigenvalue weighted by atomic mass is 35.5. The lowest BCUT2D eigenvalue weighted by Gasteiger charge is -2.27. The van der Waals surface area contributed by atoms with Gasteiger partial charge in [-0.2, -0.15) is 4.98 Å². The summed E-state index contributed by atoms with van der Waals surface area (Å²) in [6.07, 6.45) is 2.68. The van der Waals surface area contributed by atoms with Gasteiger partial charge >= 0.3 is 0 Å². The Morgan fingerprint density at radius 3 is 2.48 bits per heavy atom. The van der Waals surface area contributed by atoms with Gasteiger partial charge in [-0.3, -0.25) is 4.79 Å². The Hall–Kier alpha value is -3.63. The third-order valence-electron chi connectivity index (χ3n) is 6.39. The Balaban J connectivity index is 1.93. The van der Waals surface area contributed by atoms with Gasteiger partial charge in [0.1, 0.15) is 17.9 Å². The smallest absolute Gasteiger partial charge is 0.247 e. The Morgan fingerprint density at radius 2 is 1.81 bits per heavy atom. The monoisotopic (exact) mass is 615 g/mol. The number of aromatic nitrogens is 2. The maximum absolute atomic E-state index is 12.8. The van der Waals surface area contributed by atoms with Gasteiger partial charge in [-0.25, -0.2) is 4.98 Å². The van der Waals surface area contributed by atoms with E-state index in [0.717, 1.165) is 18.8 Å². The number of amides is 1. The molecule has 226 valence electrons. The highest BCUT2D eigenvalue weighted by Crippen LogP contribution is 2.40. The summed E-state index contributed by atoms with van der Waals surface area (Å²) in [4.78, 5) is 25.4. The molecule has 0 bridgehead atoms. The number of halogens is 1. The molecule has 0 fully saturated rings. The predicted octanol–water partition coefficient (Wildman–Crippen LogP) is 5.01. The van der Waals surface area contributed by atoms with Crippen molar-refractivity contribution < 1.29 is 18.8 Å². The van der Waals surface area contributed by atoms with Crippen LogP contribution in [0.5, 0.6) is 5.75 Å². The van der Waals surface area contributed by atoms with Gasteiger partial charge in [-0.05, 0) is 44.7 Å². The maximum atomic E-state index is 12.8. The predicted molar refractivity (Wildman–Crippen MR) is 174 cm³/mol. The Bertz CT molecular complexity index is 1450. The normalized spacial score (nSPS) is 11.2. The van der Waals surface area contributed by atoms with Crippen LogP contribution in [-0.2, 0) is 14.1 Å². The molecule has 1 heterocycles. The molecule has 0 unspecified atom stereocenters. The molecule has 13 heteroatoms. The van der Waals surface area contributed by atoms with Crippen LogP contribution in [0.3, 0.4) is 0 Å². The topological polar surface area (TPSA) is 121 Å². The Morgan fingerprint density at radius 1 is 1.07 bits per heavy atom. The number of nitrogens with zero attached hydrogens (tertiary/aromatic N) is 4. The summed E-state index contributed by atoms with van der Waals surface area (Å²) in [5.74, 6) is 0.728. The zero-order valence-corrected chi connectivity index (χ0v) is 26.6. The van der Waals surface area contributed by atoms with Crippen molar-refractivity contribution in [1.29, 1.82) is 0 Å². The summed E-state index contributed by atoms with van der Waals surface area (Å²) in [7, 11) is 4.64. The number of carbonyl (C=O) groups excluding carboxylic acids is 1. The first-order chi connectivity index (χ1) is 20.0. The number of nitrogens with one attached hydrogen (secondary N) is 3. The summed E-state index contributed by atoms with van der Waals surface area (Å²) in [5, 5.41) is 10.2. The quantitative estimate of drug-likeness (QED) is 0.159. The fraction of sp³-hybridized carbons (Fsp3) is 0.345. The minimum atomic E-state index is -2.57. The van der Waals surface area contributed by atoms with Gasteiger partial charge in [0.2, 0.25) is 11.9 Å². The van der Waals surface area contributed by atoms with Gasteiger partial charge in [0.25, 0.3) is 0 Å². The number of ether oxygens (including phenoxy) is 2. The van der Waals surface area contributed by atoms with E-state index >= 15 is 0 Å². The summed E-state index contributed by atoms with van der Waals surface area (Å²) >= 11 is 6.43. The molecule has 0 aliphatic carbocycles. The number of hydrogen-bond acceptors (Lipinski definition) is 10. The minimum Gasteiger partial charge on any atom is -0.494 e. The third kappa shape index (κ3) is 8.93. The number of carbonyl (C=O) groups is 1. The van der Waals surface area contributed by atoms with Crippen molar-refractivity contribution in [3.63, 3.8) is 0 Å². The van der Waals surface area contributed by atoms with E-state index in [4.69, 9.17) is 21.1 Å². The van der Waals surface area contributed by atoms with Gasteiger partial charge in [0.15, 0.2) is 5.82 Å². The summed E-state index contributed by atoms with van der Waals surface area (Å²) in [6.45, 7) is 9.90. The molecule has 0 radical (unpaired) electrons. The molecule has 0 atom stereocenters. The van der Waals surface area contributed by atoms with Gasteiger partial charge in [0, 0.05) is 45.2 Å². The van der Waals surface area contributed by atoms with E-state index < -0.39 is 7.14 Å². The summed E-state index contributed by atoms with van der Waals surface area (Å²) in [6, 6.07) is 10.9. The molecule has 1 amide bonds. The van der Waals surface area contributed by atoms with E-state index in [0.29, 0.717) is 47.1 Å². The number of rotatable bonds is 15. The number of hydrogen-bond donors (Lipinski definition) is 3. The van der Waals surface area contributed by atoms with Crippen LogP contribution in [0.15, 0.2) is 55.3 Å². The first-order valence-electron chi connectivity index (χ1n) is 13.2. The minimum absolute atomic E-state index is 0.232. The van der Waals surface area contributed by atoms with Crippen LogP contribution in [0.25, 0.3) is 0 Å². The number of anilines is 6. The van der Waals surface area contributed by atoms with Crippen LogP contribution in [0.4, 0.5) is 34.5 Å². The molecular weight excluding hydrogens is 577 g/mol. The lowest BCUT2D eigenvalue weighted by molar-refractivity contribution is -0.111. The van der Waals surface area contributed by atoms with Gasteiger partial charge in [0.05, 0.1) is 42.7 Å². The number of methoxy groups -OCH3 is 2. The largest absolute Gasteiger partial charge is 0.494 e. The second-order valence-electron chi connectivity index (χ2n) is 9.99. The van der Waals surface area contributed by atoms with Crippen LogP contribution in [-0.4, -0.2) is 88.7 Å². The number of para-hydroxylation sites is 1. The average molecular weight is 616 g/mol. The van der Waals surface area contributed by atoms with Crippen LogP contribution < -0.4 is 30.9 Å². The van der Waals surface area contributed by atoms with Crippen LogP contribution >= 0.6 is 18.7 Å². The van der Waals surface area contributed by atoms with E-state index in [9.17, 15) is 9.36 Å². The molecule has 11 nitrogen and oxygen atoms in total. The molecular formula is C29H39ClN7O4P. The fourth-order valence-corrected chi connectivity index (χ4v) is 5.34. The number of benzene rings is 2. The Labute approximate surface area is 252 Å². The van der Waals surface area contributed by atoms with Crippen molar-refractivity contribution in [1.82, 2.24) is 14.9 Å². The van der Waals surface area contributed by atoms with Gasteiger partial charge in [-0.1, -0.05) is 30.3 Å². The molecule has 0 aliphatic rings. The summed E-state index contributed by atoms with van der Waals surface area (Å²) in [5.41, 5.74) is 2.47. The van der Waals surface area contributed by atoms with Crippen molar-refractivity contribution >= 4 is 64.5 Å². The molecule has 0 saturated carbocycles. The van der Waals surface area contributed by atoms with Crippen LogP contribution in [0, 0.1) is 0 Å². The second-order valence-corrected chi connectivity index (χ2v) is 13.6. The first kappa shape index (κ1) is 32.9.